The van der Waals surface area contributed by atoms with E-state index >= 15 is 0 Å². The Morgan fingerprint density at radius 2 is 1.89 bits per heavy atom. The Morgan fingerprint density at radius 1 is 1.18 bits per heavy atom. The minimum Gasteiger partial charge on any atom is -0.496 e. The van der Waals surface area contributed by atoms with Crippen LogP contribution in [0.2, 0.25) is 0 Å². The Bertz CT molecular complexity index is 773. The van der Waals surface area contributed by atoms with E-state index in [2.05, 4.69) is 33.4 Å². The topological polar surface area (TPSA) is 64.3 Å². The van der Waals surface area contributed by atoms with Crippen molar-refractivity contribution in [3.8, 4) is 5.75 Å². The fourth-order valence-electron chi connectivity index (χ4n) is 4.02. The number of benzene rings is 2. The number of amides is 1. The first-order chi connectivity index (χ1) is 13.6. The monoisotopic (exact) mass is 444 g/mol. The standard InChI is InChI=1S/C23H29BrN2O2/c1-28-22-12-11-19(24)14-20(22)21(13-16-5-3-2-4-6-16)26-23(27)18-9-7-17(15-25)8-10-18/h2-6,11-12,14,17-18,21H,7-10,13,15,25H2,1H3,(H,26,27). The van der Waals surface area contributed by atoms with Crippen LogP contribution in [0.4, 0.5) is 0 Å². The fraction of sp³-hybridized carbons (Fsp3) is 0.435. The van der Waals surface area contributed by atoms with E-state index in [1.807, 2.05) is 36.4 Å². The quantitative estimate of drug-likeness (QED) is 0.654. The van der Waals surface area contributed by atoms with Gasteiger partial charge in [-0.3, -0.25) is 4.79 Å². The third kappa shape index (κ3) is 5.36. The summed E-state index contributed by atoms with van der Waals surface area (Å²) in [6.07, 6.45) is 4.64. The molecular formula is C23H29BrN2O2. The molecule has 0 bridgehead atoms. The third-order valence-electron chi connectivity index (χ3n) is 5.72. The zero-order chi connectivity index (χ0) is 19.9. The van der Waals surface area contributed by atoms with Crippen LogP contribution in [0.5, 0.6) is 5.75 Å². The highest BCUT2D eigenvalue weighted by atomic mass is 79.9. The average Bonchev–Trinajstić information content (AvgIpc) is 2.74. The Morgan fingerprint density at radius 3 is 2.54 bits per heavy atom. The molecule has 1 aliphatic rings. The Balaban J connectivity index is 1.80. The largest absolute Gasteiger partial charge is 0.496 e. The summed E-state index contributed by atoms with van der Waals surface area (Å²) in [5.74, 6) is 1.56. The number of nitrogens with one attached hydrogen (secondary N) is 1. The molecule has 1 aliphatic carbocycles. The number of hydrogen-bond acceptors (Lipinski definition) is 3. The third-order valence-corrected chi connectivity index (χ3v) is 6.21. The lowest BCUT2D eigenvalue weighted by atomic mass is 9.81. The van der Waals surface area contributed by atoms with E-state index < -0.39 is 0 Å². The molecule has 0 heterocycles. The van der Waals surface area contributed by atoms with Crippen molar-refractivity contribution in [2.75, 3.05) is 13.7 Å². The van der Waals surface area contributed by atoms with E-state index in [-0.39, 0.29) is 17.9 Å². The molecular weight excluding hydrogens is 416 g/mol. The summed E-state index contributed by atoms with van der Waals surface area (Å²) in [4.78, 5) is 13.1. The van der Waals surface area contributed by atoms with Gasteiger partial charge in [0, 0.05) is 16.0 Å². The summed E-state index contributed by atoms with van der Waals surface area (Å²) < 4.78 is 6.56. The highest BCUT2D eigenvalue weighted by molar-refractivity contribution is 9.10. The van der Waals surface area contributed by atoms with Gasteiger partial charge in [0.15, 0.2) is 0 Å². The van der Waals surface area contributed by atoms with E-state index in [4.69, 9.17) is 10.5 Å². The minimum absolute atomic E-state index is 0.0687. The normalized spacial score (nSPS) is 20.4. The van der Waals surface area contributed by atoms with Crippen molar-refractivity contribution in [1.29, 1.82) is 0 Å². The van der Waals surface area contributed by atoms with Crippen molar-refractivity contribution in [1.82, 2.24) is 5.32 Å². The summed E-state index contributed by atoms with van der Waals surface area (Å²) in [5, 5.41) is 3.32. The van der Waals surface area contributed by atoms with E-state index in [0.29, 0.717) is 5.92 Å². The first-order valence-corrected chi connectivity index (χ1v) is 10.8. The molecule has 28 heavy (non-hydrogen) atoms. The number of methoxy groups -OCH3 is 1. The molecule has 3 N–H and O–H groups in total. The van der Waals surface area contributed by atoms with Gasteiger partial charge in [0.25, 0.3) is 0 Å². The summed E-state index contributed by atoms with van der Waals surface area (Å²) >= 11 is 3.56. The molecule has 1 saturated carbocycles. The van der Waals surface area contributed by atoms with E-state index in [9.17, 15) is 4.79 Å². The van der Waals surface area contributed by atoms with Crippen LogP contribution in [0.25, 0.3) is 0 Å². The zero-order valence-corrected chi connectivity index (χ0v) is 18.0. The molecule has 5 heteroatoms. The molecule has 0 spiro atoms. The highest BCUT2D eigenvalue weighted by Crippen LogP contribution is 2.33. The van der Waals surface area contributed by atoms with Crippen molar-refractivity contribution < 1.29 is 9.53 Å². The number of nitrogens with two attached hydrogens (primary N) is 1. The predicted octanol–water partition coefficient (Wildman–Crippen LogP) is 4.62. The van der Waals surface area contributed by atoms with Crippen LogP contribution < -0.4 is 15.8 Å². The van der Waals surface area contributed by atoms with Gasteiger partial charge in [0.1, 0.15) is 5.75 Å². The smallest absolute Gasteiger partial charge is 0.223 e. The SMILES string of the molecule is COc1ccc(Br)cc1C(Cc1ccccc1)NC(=O)C1CCC(CN)CC1. The van der Waals surface area contributed by atoms with Gasteiger partial charge in [0.05, 0.1) is 13.2 Å². The maximum absolute atomic E-state index is 13.1. The number of ether oxygens (including phenoxy) is 1. The number of rotatable bonds is 7. The zero-order valence-electron chi connectivity index (χ0n) is 16.4. The molecule has 150 valence electrons. The van der Waals surface area contributed by atoms with Crippen LogP contribution in [0, 0.1) is 11.8 Å². The van der Waals surface area contributed by atoms with Crippen LogP contribution in [-0.2, 0) is 11.2 Å². The lowest BCUT2D eigenvalue weighted by molar-refractivity contribution is -0.127. The second-order valence-corrected chi connectivity index (χ2v) is 8.51. The molecule has 0 aliphatic heterocycles. The van der Waals surface area contributed by atoms with Crippen molar-refractivity contribution in [3.05, 3.63) is 64.1 Å². The van der Waals surface area contributed by atoms with Crippen molar-refractivity contribution >= 4 is 21.8 Å². The molecule has 0 radical (unpaired) electrons. The Labute approximate surface area is 176 Å². The molecule has 3 rings (SSSR count). The first-order valence-electron chi connectivity index (χ1n) is 9.98. The van der Waals surface area contributed by atoms with Crippen LogP contribution >= 0.6 is 15.9 Å². The Hall–Kier alpha value is -1.85. The number of hydrogen-bond donors (Lipinski definition) is 2. The number of carbonyl (C=O) groups excluding carboxylic acids is 1. The second kappa shape index (κ2) is 10.1. The minimum atomic E-state index is -0.144. The van der Waals surface area contributed by atoms with Gasteiger partial charge < -0.3 is 15.8 Å². The van der Waals surface area contributed by atoms with Crippen LogP contribution in [0.15, 0.2) is 53.0 Å². The van der Waals surface area contributed by atoms with Gasteiger partial charge in [-0.2, -0.15) is 0 Å². The summed E-state index contributed by atoms with van der Waals surface area (Å²) in [6.45, 7) is 0.722. The molecule has 1 amide bonds. The van der Waals surface area contributed by atoms with E-state index in [1.54, 1.807) is 7.11 Å². The molecule has 0 saturated heterocycles. The number of halogens is 1. The lowest BCUT2D eigenvalue weighted by Crippen LogP contribution is -2.37. The van der Waals surface area contributed by atoms with Crippen LogP contribution in [-0.4, -0.2) is 19.6 Å². The maximum atomic E-state index is 13.1. The highest BCUT2D eigenvalue weighted by Gasteiger charge is 2.28. The summed E-state index contributed by atoms with van der Waals surface area (Å²) in [7, 11) is 1.67. The van der Waals surface area contributed by atoms with Crippen molar-refractivity contribution in [3.63, 3.8) is 0 Å². The van der Waals surface area contributed by atoms with Gasteiger partial charge in [-0.1, -0.05) is 46.3 Å². The van der Waals surface area contributed by atoms with Crippen molar-refractivity contribution in [2.24, 2.45) is 17.6 Å². The Kier molecular flexibility index (Phi) is 7.51. The van der Waals surface area contributed by atoms with Gasteiger partial charge in [-0.15, -0.1) is 0 Å². The van der Waals surface area contributed by atoms with Crippen LogP contribution in [0.1, 0.15) is 42.9 Å². The summed E-state index contributed by atoms with van der Waals surface area (Å²) in [6, 6.07) is 16.0. The predicted molar refractivity (Wildman–Crippen MR) is 116 cm³/mol. The van der Waals surface area contributed by atoms with Crippen molar-refractivity contribution in [2.45, 2.75) is 38.1 Å². The van der Waals surface area contributed by atoms with Crippen LogP contribution in [0.3, 0.4) is 0 Å². The molecule has 1 unspecified atom stereocenters. The molecule has 2 aromatic rings. The lowest BCUT2D eigenvalue weighted by Gasteiger charge is -2.29. The van der Waals surface area contributed by atoms with Gasteiger partial charge >= 0.3 is 0 Å². The maximum Gasteiger partial charge on any atom is 0.223 e. The first kappa shape index (κ1) is 20.9. The molecule has 2 aromatic carbocycles. The van der Waals surface area contributed by atoms with E-state index in [0.717, 1.165) is 54.4 Å². The average molecular weight is 445 g/mol. The molecule has 4 nitrogen and oxygen atoms in total. The van der Waals surface area contributed by atoms with Gasteiger partial charge in [-0.25, -0.2) is 0 Å². The second-order valence-electron chi connectivity index (χ2n) is 7.59. The molecule has 1 atom stereocenters. The molecule has 1 fully saturated rings. The summed E-state index contributed by atoms with van der Waals surface area (Å²) in [5.41, 5.74) is 7.97. The van der Waals surface area contributed by atoms with Gasteiger partial charge in [-0.05, 0) is 68.3 Å². The fourth-order valence-corrected chi connectivity index (χ4v) is 4.39. The number of carbonyl (C=O) groups is 1. The molecule has 0 aromatic heterocycles. The van der Waals surface area contributed by atoms with E-state index in [1.165, 1.54) is 5.56 Å². The van der Waals surface area contributed by atoms with Gasteiger partial charge in [0.2, 0.25) is 5.91 Å².